The van der Waals surface area contributed by atoms with Crippen molar-refractivity contribution in [2.24, 2.45) is 0 Å². The Hall–Kier alpha value is -4.01. The molecule has 196 valence electrons. The SMILES string of the molecule is CCCN(CCC)c1nc(NCCc2ccc(OC)c(OC)c2)nc2nc(Nc3cccc(C)c3)[nH]c12. The highest BCUT2D eigenvalue weighted by molar-refractivity contribution is 5.87. The van der Waals surface area contributed by atoms with E-state index in [1.54, 1.807) is 14.2 Å². The molecule has 0 unspecified atom stereocenters. The van der Waals surface area contributed by atoms with Crippen LogP contribution in [-0.4, -0.2) is 53.8 Å². The molecule has 4 aromatic rings. The Morgan fingerprint density at radius 1 is 0.919 bits per heavy atom. The monoisotopic (exact) mass is 503 g/mol. The summed E-state index contributed by atoms with van der Waals surface area (Å²) in [6.07, 6.45) is 2.83. The first-order valence-electron chi connectivity index (χ1n) is 12.9. The lowest BCUT2D eigenvalue weighted by molar-refractivity contribution is 0.354. The van der Waals surface area contributed by atoms with Gasteiger partial charge in [-0.15, -0.1) is 0 Å². The summed E-state index contributed by atoms with van der Waals surface area (Å²) in [5.74, 6) is 3.52. The van der Waals surface area contributed by atoms with E-state index < -0.39 is 0 Å². The van der Waals surface area contributed by atoms with Gasteiger partial charge in [-0.3, -0.25) is 0 Å². The third kappa shape index (κ3) is 6.41. The predicted molar refractivity (Wildman–Crippen MR) is 151 cm³/mol. The second-order valence-electron chi connectivity index (χ2n) is 9.00. The second-order valence-corrected chi connectivity index (χ2v) is 9.00. The zero-order valence-corrected chi connectivity index (χ0v) is 22.4. The van der Waals surface area contributed by atoms with E-state index in [0.29, 0.717) is 24.1 Å². The van der Waals surface area contributed by atoms with Crippen LogP contribution in [0.3, 0.4) is 0 Å². The van der Waals surface area contributed by atoms with Crippen molar-refractivity contribution in [1.82, 2.24) is 19.9 Å². The van der Waals surface area contributed by atoms with Crippen LogP contribution in [0.2, 0.25) is 0 Å². The van der Waals surface area contributed by atoms with Crippen LogP contribution >= 0.6 is 0 Å². The maximum atomic E-state index is 5.44. The third-order valence-electron chi connectivity index (χ3n) is 6.04. The van der Waals surface area contributed by atoms with E-state index in [2.05, 4.69) is 53.4 Å². The maximum Gasteiger partial charge on any atom is 0.226 e. The van der Waals surface area contributed by atoms with Gasteiger partial charge in [0.25, 0.3) is 0 Å². The normalized spacial score (nSPS) is 10.9. The highest BCUT2D eigenvalue weighted by atomic mass is 16.5. The lowest BCUT2D eigenvalue weighted by Crippen LogP contribution is -2.26. The van der Waals surface area contributed by atoms with Gasteiger partial charge < -0.3 is 30.0 Å². The third-order valence-corrected chi connectivity index (χ3v) is 6.04. The number of nitrogens with zero attached hydrogens (tertiary/aromatic N) is 4. The smallest absolute Gasteiger partial charge is 0.226 e. The van der Waals surface area contributed by atoms with Crippen molar-refractivity contribution < 1.29 is 9.47 Å². The summed E-state index contributed by atoms with van der Waals surface area (Å²) < 4.78 is 10.8. The number of H-pyrrole nitrogens is 1. The maximum absolute atomic E-state index is 5.44. The average molecular weight is 504 g/mol. The number of anilines is 4. The number of aromatic nitrogens is 4. The van der Waals surface area contributed by atoms with Crippen molar-refractivity contribution >= 4 is 34.6 Å². The molecule has 0 atom stereocenters. The second kappa shape index (κ2) is 12.3. The van der Waals surface area contributed by atoms with Crippen LogP contribution in [0.15, 0.2) is 42.5 Å². The molecular formula is C28H37N7O2. The number of methoxy groups -OCH3 is 2. The van der Waals surface area contributed by atoms with Crippen LogP contribution < -0.4 is 25.0 Å². The Morgan fingerprint density at radius 3 is 2.41 bits per heavy atom. The summed E-state index contributed by atoms with van der Waals surface area (Å²) in [6, 6.07) is 14.2. The molecule has 3 N–H and O–H groups in total. The minimum atomic E-state index is 0.564. The molecule has 0 amide bonds. The van der Waals surface area contributed by atoms with Gasteiger partial charge in [-0.25, -0.2) is 0 Å². The summed E-state index contributed by atoms with van der Waals surface area (Å²) in [4.78, 5) is 20.1. The predicted octanol–water partition coefficient (Wildman–Crippen LogP) is 5.70. The topological polar surface area (TPSA) is 100 Å². The number of nitrogens with one attached hydrogen (secondary N) is 3. The van der Waals surface area contributed by atoms with Crippen LogP contribution in [-0.2, 0) is 6.42 Å². The summed E-state index contributed by atoms with van der Waals surface area (Å²) in [5.41, 5.74) is 4.75. The molecule has 0 aliphatic carbocycles. The number of aromatic amines is 1. The zero-order valence-electron chi connectivity index (χ0n) is 22.4. The molecule has 0 fully saturated rings. The quantitative estimate of drug-likeness (QED) is 0.214. The molecule has 0 saturated heterocycles. The molecule has 0 spiro atoms. The van der Waals surface area contributed by atoms with Gasteiger partial charge >= 0.3 is 0 Å². The fraction of sp³-hybridized carbons (Fsp3) is 0.393. The highest BCUT2D eigenvalue weighted by Gasteiger charge is 2.18. The first kappa shape index (κ1) is 26.1. The van der Waals surface area contributed by atoms with Crippen molar-refractivity contribution in [2.45, 2.75) is 40.0 Å². The molecule has 0 bridgehead atoms. The van der Waals surface area contributed by atoms with E-state index >= 15 is 0 Å². The van der Waals surface area contributed by atoms with E-state index in [-0.39, 0.29) is 0 Å². The van der Waals surface area contributed by atoms with Gasteiger partial charge in [0.05, 0.1) is 14.2 Å². The number of benzene rings is 2. The molecule has 0 saturated carbocycles. The van der Waals surface area contributed by atoms with Gasteiger partial charge in [-0.05, 0) is 61.6 Å². The highest BCUT2D eigenvalue weighted by Crippen LogP contribution is 2.29. The fourth-order valence-electron chi connectivity index (χ4n) is 4.33. The van der Waals surface area contributed by atoms with E-state index in [1.165, 1.54) is 5.56 Å². The van der Waals surface area contributed by atoms with E-state index in [9.17, 15) is 0 Å². The summed E-state index contributed by atoms with van der Waals surface area (Å²) >= 11 is 0. The Morgan fingerprint density at radius 2 is 1.70 bits per heavy atom. The standard InChI is InChI=1S/C28H37N7O2/c1-6-15-35(16-7-2)26-24-25(33-28(31-24)30-21-10-8-9-19(3)17-21)32-27(34-26)29-14-13-20-11-12-22(36-4)23(18-20)37-5/h8-12,17-18H,6-7,13-16H2,1-5H3,(H3,29,30,31,32,33,34). The Bertz CT molecular complexity index is 1320. The van der Waals surface area contributed by atoms with Crippen molar-refractivity contribution in [3.8, 4) is 11.5 Å². The first-order chi connectivity index (χ1) is 18.0. The van der Waals surface area contributed by atoms with Gasteiger partial charge in [0.1, 0.15) is 5.52 Å². The van der Waals surface area contributed by atoms with Gasteiger partial charge in [0.15, 0.2) is 23.0 Å². The number of fused-ring (bicyclic) bond motifs is 1. The van der Waals surface area contributed by atoms with E-state index in [0.717, 1.165) is 66.4 Å². The van der Waals surface area contributed by atoms with Crippen molar-refractivity contribution in [1.29, 1.82) is 0 Å². The number of aryl methyl sites for hydroxylation is 1. The van der Waals surface area contributed by atoms with Gasteiger partial charge in [-0.2, -0.15) is 15.0 Å². The van der Waals surface area contributed by atoms with Crippen LogP contribution in [0.1, 0.15) is 37.8 Å². The molecule has 0 aliphatic heterocycles. The van der Waals surface area contributed by atoms with Crippen molar-refractivity contribution in [3.05, 3.63) is 53.6 Å². The number of hydrogen-bond acceptors (Lipinski definition) is 8. The largest absolute Gasteiger partial charge is 0.493 e. The van der Waals surface area contributed by atoms with Gasteiger partial charge in [0, 0.05) is 25.3 Å². The van der Waals surface area contributed by atoms with Gasteiger partial charge in [0.2, 0.25) is 11.9 Å². The minimum absolute atomic E-state index is 0.564. The molecule has 2 aromatic heterocycles. The molecule has 0 radical (unpaired) electrons. The molecule has 37 heavy (non-hydrogen) atoms. The molecule has 4 rings (SSSR count). The Kier molecular flexibility index (Phi) is 8.66. The average Bonchev–Trinajstić information content (AvgIpc) is 3.30. The van der Waals surface area contributed by atoms with Crippen LogP contribution in [0, 0.1) is 6.92 Å². The molecule has 0 aliphatic rings. The fourth-order valence-corrected chi connectivity index (χ4v) is 4.33. The van der Waals surface area contributed by atoms with Gasteiger partial charge in [-0.1, -0.05) is 32.0 Å². The van der Waals surface area contributed by atoms with Crippen molar-refractivity contribution in [2.75, 3.05) is 49.4 Å². The number of hydrogen-bond donors (Lipinski definition) is 3. The number of imidazole rings is 1. The Balaban J connectivity index is 1.59. The zero-order chi connectivity index (χ0) is 26.2. The first-order valence-corrected chi connectivity index (χ1v) is 12.9. The van der Waals surface area contributed by atoms with E-state index in [1.807, 2.05) is 30.3 Å². The summed E-state index contributed by atoms with van der Waals surface area (Å²) in [5, 5.41) is 6.78. The van der Waals surface area contributed by atoms with Crippen LogP contribution in [0.4, 0.5) is 23.4 Å². The lowest BCUT2D eigenvalue weighted by Gasteiger charge is -2.23. The van der Waals surface area contributed by atoms with Crippen molar-refractivity contribution in [3.63, 3.8) is 0 Å². The molecule has 2 aromatic carbocycles. The Labute approximate surface area is 218 Å². The molecule has 9 heteroatoms. The molecular weight excluding hydrogens is 466 g/mol. The molecule has 2 heterocycles. The van der Waals surface area contributed by atoms with Crippen LogP contribution in [0.25, 0.3) is 11.2 Å². The number of ether oxygens (including phenoxy) is 2. The van der Waals surface area contributed by atoms with E-state index in [4.69, 9.17) is 24.4 Å². The summed E-state index contributed by atoms with van der Waals surface area (Å²) in [7, 11) is 3.29. The lowest BCUT2D eigenvalue weighted by atomic mass is 10.1. The summed E-state index contributed by atoms with van der Waals surface area (Å²) in [6.45, 7) is 8.92. The minimum Gasteiger partial charge on any atom is -0.493 e. The van der Waals surface area contributed by atoms with Crippen LogP contribution in [0.5, 0.6) is 11.5 Å². The number of rotatable bonds is 13. The molecule has 9 nitrogen and oxygen atoms in total.